The summed E-state index contributed by atoms with van der Waals surface area (Å²) in [7, 11) is 0. The molecule has 188 valence electrons. The van der Waals surface area contributed by atoms with Gasteiger partial charge in [0.15, 0.2) is 0 Å². The van der Waals surface area contributed by atoms with Gasteiger partial charge in [-0.25, -0.2) is 9.69 Å². The summed E-state index contributed by atoms with van der Waals surface area (Å²) in [4.78, 5) is 49.8. The number of non-ortho nitro benzene ring substituents is 1. The Bertz CT molecular complexity index is 1600. The second-order valence-corrected chi connectivity index (χ2v) is 8.70. The third-order valence-corrected chi connectivity index (χ3v) is 5.98. The van der Waals surface area contributed by atoms with Crippen molar-refractivity contribution >= 4 is 40.8 Å². The molecule has 4 aromatic rings. The number of hydrogen-bond donors (Lipinski definition) is 0. The summed E-state index contributed by atoms with van der Waals surface area (Å²) >= 11 is 6.01. The van der Waals surface area contributed by atoms with Crippen molar-refractivity contribution in [3.8, 4) is 11.5 Å². The van der Waals surface area contributed by atoms with Gasteiger partial charge in [0.2, 0.25) is 0 Å². The van der Waals surface area contributed by atoms with Gasteiger partial charge >= 0.3 is 5.97 Å². The Morgan fingerprint density at radius 3 is 2.32 bits per heavy atom. The smallest absolute Gasteiger partial charge is 0.338 e. The lowest BCUT2D eigenvalue weighted by molar-refractivity contribution is -0.384. The minimum absolute atomic E-state index is 0.0483. The Labute approximate surface area is 220 Å². The number of esters is 1. The Morgan fingerprint density at radius 2 is 1.58 bits per heavy atom. The van der Waals surface area contributed by atoms with Crippen molar-refractivity contribution in [2.24, 2.45) is 0 Å². The predicted molar refractivity (Wildman–Crippen MR) is 138 cm³/mol. The topological polar surface area (TPSA) is 116 Å². The third kappa shape index (κ3) is 4.95. The molecule has 1 aliphatic heterocycles. The molecule has 0 aliphatic carbocycles. The van der Waals surface area contributed by atoms with Crippen molar-refractivity contribution in [2.75, 3.05) is 4.90 Å². The van der Waals surface area contributed by atoms with E-state index < -0.39 is 22.7 Å². The molecular weight excluding hydrogens is 512 g/mol. The fourth-order valence-electron chi connectivity index (χ4n) is 3.92. The monoisotopic (exact) mass is 528 g/mol. The standard InChI is InChI=1S/C28H17ClN2O7/c29-19-4-2-5-21(15-19)30-26(32)24-12-7-18(14-25(24)27(30)33)28(34)37-16-17-3-1-6-23(13-17)38-22-10-8-20(9-11-22)31(35)36/h1-15H,16H2. The molecule has 10 heteroatoms. The Morgan fingerprint density at radius 1 is 0.842 bits per heavy atom. The number of nitro groups is 1. The van der Waals surface area contributed by atoms with Gasteiger partial charge in [0.05, 0.1) is 27.3 Å². The molecule has 2 amide bonds. The van der Waals surface area contributed by atoms with Crippen LogP contribution in [0.15, 0.2) is 91.0 Å². The van der Waals surface area contributed by atoms with Gasteiger partial charge in [-0.3, -0.25) is 19.7 Å². The molecule has 0 fully saturated rings. The van der Waals surface area contributed by atoms with E-state index in [1.807, 2.05) is 0 Å². The Balaban J connectivity index is 1.26. The van der Waals surface area contributed by atoms with Gasteiger partial charge in [-0.2, -0.15) is 0 Å². The van der Waals surface area contributed by atoms with Crippen LogP contribution in [0.5, 0.6) is 11.5 Å². The van der Waals surface area contributed by atoms with Crippen molar-refractivity contribution in [2.45, 2.75) is 6.61 Å². The largest absolute Gasteiger partial charge is 0.457 e. The lowest BCUT2D eigenvalue weighted by Crippen LogP contribution is -2.29. The number of benzene rings is 4. The average molecular weight is 529 g/mol. The fraction of sp³-hybridized carbons (Fsp3) is 0.0357. The number of rotatable bonds is 7. The van der Waals surface area contributed by atoms with Gasteiger partial charge in [-0.15, -0.1) is 0 Å². The van der Waals surface area contributed by atoms with E-state index in [1.54, 1.807) is 42.5 Å². The molecule has 9 nitrogen and oxygen atoms in total. The second-order valence-electron chi connectivity index (χ2n) is 8.26. The number of ether oxygens (including phenoxy) is 2. The van der Waals surface area contributed by atoms with Crippen LogP contribution in [0.2, 0.25) is 5.02 Å². The highest BCUT2D eigenvalue weighted by Crippen LogP contribution is 2.31. The summed E-state index contributed by atoms with van der Waals surface area (Å²) in [6.45, 7) is -0.0745. The number of anilines is 1. The van der Waals surface area contributed by atoms with Crippen LogP contribution in [0.4, 0.5) is 11.4 Å². The molecule has 0 aromatic heterocycles. The second kappa shape index (κ2) is 10.2. The number of hydrogen-bond acceptors (Lipinski definition) is 7. The summed E-state index contributed by atoms with van der Waals surface area (Å²) < 4.78 is 11.1. The number of halogens is 1. The molecule has 4 aromatic carbocycles. The number of nitro benzene ring substituents is 1. The maximum absolute atomic E-state index is 13.0. The predicted octanol–water partition coefficient (Wildman–Crippen LogP) is 6.20. The van der Waals surface area contributed by atoms with Crippen LogP contribution in [-0.2, 0) is 11.3 Å². The first-order valence-corrected chi connectivity index (χ1v) is 11.6. The molecule has 0 radical (unpaired) electrons. The van der Waals surface area contributed by atoms with E-state index in [-0.39, 0.29) is 29.0 Å². The van der Waals surface area contributed by atoms with Crippen LogP contribution in [0.3, 0.4) is 0 Å². The van der Waals surface area contributed by atoms with Crippen molar-refractivity contribution in [3.05, 3.63) is 128 Å². The first-order valence-electron chi connectivity index (χ1n) is 11.3. The zero-order valence-corrected chi connectivity index (χ0v) is 20.3. The molecule has 1 aliphatic rings. The number of fused-ring (bicyclic) bond motifs is 1. The van der Waals surface area contributed by atoms with Crippen LogP contribution in [0.25, 0.3) is 0 Å². The number of imide groups is 1. The van der Waals surface area contributed by atoms with Gasteiger partial charge in [0.25, 0.3) is 17.5 Å². The van der Waals surface area contributed by atoms with E-state index >= 15 is 0 Å². The van der Waals surface area contributed by atoms with Crippen LogP contribution < -0.4 is 9.64 Å². The van der Waals surface area contributed by atoms with Gasteiger partial charge in [-0.05, 0) is 66.2 Å². The molecule has 1 heterocycles. The van der Waals surface area contributed by atoms with Gasteiger partial charge in [-0.1, -0.05) is 29.8 Å². The van der Waals surface area contributed by atoms with Crippen LogP contribution in [0.1, 0.15) is 36.6 Å². The molecule has 0 unspecified atom stereocenters. The van der Waals surface area contributed by atoms with E-state index in [0.29, 0.717) is 27.8 Å². The number of nitrogens with zero attached hydrogens (tertiary/aromatic N) is 2. The summed E-state index contributed by atoms with van der Waals surface area (Å²) in [6.07, 6.45) is 0. The third-order valence-electron chi connectivity index (χ3n) is 5.74. The lowest BCUT2D eigenvalue weighted by atomic mass is 10.1. The maximum atomic E-state index is 13.0. The van der Waals surface area contributed by atoms with E-state index in [1.165, 1.54) is 48.5 Å². The van der Waals surface area contributed by atoms with Gasteiger partial charge in [0, 0.05) is 17.2 Å². The minimum Gasteiger partial charge on any atom is -0.457 e. The van der Waals surface area contributed by atoms with Crippen LogP contribution in [0, 0.1) is 10.1 Å². The van der Waals surface area contributed by atoms with Crippen molar-refractivity contribution in [1.29, 1.82) is 0 Å². The first-order chi connectivity index (χ1) is 18.3. The molecular formula is C28H17ClN2O7. The normalized spacial score (nSPS) is 12.3. The highest BCUT2D eigenvalue weighted by molar-refractivity contribution is 6.35. The van der Waals surface area contributed by atoms with E-state index in [0.717, 1.165) is 4.90 Å². The molecule has 38 heavy (non-hydrogen) atoms. The zero-order valence-electron chi connectivity index (χ0n) is 19.5. The molecule has 0 spiro atoms. The maximum Gasteiger partial charge on any atom is 0.338 e. The first kappa shape index (κ1) is 24.7. The quantitative estimate of drug-likeness (QED) is 0.121. The van der Waals surface area contributed by atoms with Crippen molar-refractivity contribution in [1.82, 2.24) is 0 Å². The van der Waals surface area contributed by atoms with E-state index in [4.69, 9.17) is 21.1 Å². The molecule has 5 rings (SSSR count). The van der Waals surface area contributed by atoms with Crippen LogP contribution in [-0.4, -0.2) is 22.7 Å². The van der Waals surface area contributed by atoms with E-state index in [2.05, 4.69) is 0 Å². The SMILES string of the molecule is O=C(OCc1cccc(Oc2ccc([N+](=O)[O-])cc2)c1)c1ccc2c(c1)C(=O)N(c1cccc(Cl)c1)C2=O. The summed E-state index contributed by atoms with van der Waals surface area (Å²) in [5, 5.41) is 11.2. The zero-order chi connectivity index (χ0) is 26.8. The van der Waals surface area contributed by atoms with Crippen molar-refractivity contribution in [3.63, 3.8) is 0 Å². The molecule has 0 N–H and O–H groups in total. The number of amides is 2. The molecule has 0 saturated heterocycles. The summed E-state index contributed by atoms with van der Waals surface area (Å²) in [5.74, 6) is -0.866. The Hall–Kier alpha value is -5.02. The minimum atomic E-state index is -0.670. The van der Waals surface area contributed by atoms with Crippen LogP contribution >= 0.6 is 11.6 Å². The number of carbonyl (C=O) groups excluding carboxylic acids is 3. The Kier molecular flexibility index (Phi) is 6.59. The molecule has 0 saturated carbocycles. The highest BCUT2D eigenvalue weighted by Gasteiger charge is 2.37. The van der Waals surface area contributed by atoms with Crippen molar-refractivity contribution < 1.29 is 28.8 Å². The average Bonchev–Trinajstić information content (AvgIpc) is 3.16. The van der Waals surface area contributed by atoms with E-state index in [9.17, 15) is 24.5 Å². The number of carbonyl (C=O) groups is 3. The lowest BCUT2D eigenvalue weighted by Gasteiger charge is -2.13. The highest BCUT2D eigenvalue weighted by atomic mass is 35.5. The summed E-state index contributed by atoms with van der Waals surface area (Å²) in [6, 6.07) is 23.0. The fourth-order valence-corrected chi connectivity index (χ4v) is 4.10. The molecule has 0 bridgehead atoms. The van der Waals surface area contributed by atoms with Gasteiger partial charge < -0.3 is 9.47 Å². The molecule has 0 atom stereocenters. The summed E-state index contributed by atoms with van der Waals surface area (Å²) in [5.41, 5.74) is 1.33. The van der Waals surface area contributed by atoms with Gasteiger partial charge in [0.1, 0.15) is 18.1 Å².